The third-order valence-corrected chi connectivity index (χ3v) is 3.92. The molecular weight excluding hydrogens is 257 g/mol. The van der Waals surface area contributed by atoms with Gasteiger partial charge in [-0.1, -0.05) is 6.92 Å². The molecule has 2 aromatic rings. The lowest BCUT2D eigenvalue weighted by Crippen LogP contribution is -2.15. The number of rotatable bonds is 2. The van der Waals surface area contributed by atoms with Gasteiger partial charge in [-0.25, -0.2) is 9.37 Å². The lowest BCUT2D eigenvalue weighted by atomic mass is 10.0. The predicted octanol–water partition coefficient (Wildman–Crippen LogP) is 3.18. The molecule has 0 spiro atoms. The summed E-state index contributed by atoms with van der Waals surface area (Å²) in [5, 5.41) is 0. The molecule has 2 N–H and O–H groups in total. The van der Waals surface area contributed by atoms with Crippen LogP contribution < -0.4 is 10.5 Å². The van der Waals surface area contributed by atoms with Crippen LogP contribution in [0.15, 0.2) is 18.2 Å². The summed E-state index contributed by atoms with van der Waals surface area (Å²) in [6.07, 6.45) is 2.22. The van der Waals surface area contributed by atoms with Crippen molar-refractivity contribution in [1.82, 2.24) is 9.55 Å². The van der Waals surface area contributed by atoms with Gasteiger partial charge in [-0.05, 0) is 31.0 Å². The van der Waals surface area contributed by atoms with Crippen molar-refractivity contribution in [2.24, 2.45) is 0 Å². The Bertz CT molecular complexity index is 651. The van der Waals surface area contributed by atoms with Gasteiger partial charge in [0.15, 0.2) is 11.6 Å². The van der Waals surface area contributed by atoms with E-state index in [0.717, 1.165) is 25.2 Å². The summed E-state index contributed by atoms with van der Waals surface area (Å²) in [5.74, 6) is 1.84. The maximum atomic E-state index is 13.8. The van der Waals surface area contributed by atoms with E-state index in [2.05, 4.69) is 11.9 Å². The molecular formula is C15H18FN3O. The van der Waals surface area contributed by atoms with Crippen molar-refractivity contribution >= 4 is 5.82 Å². The summed E-state index contributed by atoms with van der Waals surface area (Å²) < 4.78 is 20.8. The molecule has 0 bridgehead atoms. The Morgan fingerprint density at radius 2 is 2.25 bits per heavy atom. The summed E-state index contributed by atoms with van der Waals surface area (Å²) in [5.41, 5.74) is 7.54. The Balaban J connectivity index is 2.09. The van der Waals surface area contributed by atoms with E-state index in [1.807, 2.05) is 4.57 Å². The minimum Gasteiger partial charge on any atom is -0.494 e. The Hall–Kier alpha value is -2.04. The largest absolute Gasteiger partial charge is 0.494 e. The zero-order valence-electron chi connectivity index (χ0n) is 11.7. The van der Waals surface area contributed by atoms with E-state index in [1.165, 1.54) is 13.2 Å². The van der Waals surface area contributed by atoms with Crippen LogP contribution in [0.25, 0.3) is 11.3 Å². The van der Waals surface area contributed by atoms with Crippen molar-refractivity contribution < 1.29 is 9.13 Å². The average molecular weight is 275 g/mol. The van der Waals surface area contributed by atoms with Gasteiger partial charge in [0.1, 0.15) is 17.3 Å². The Kier molecular flexibility index (Phi) is 3.12. The molecule has 5 heteroatoms. The first kappa shape index (κ1) is 13.0. The number of benzene rings is 1. The van der Waals surface area contributed by atoms with E-state index in [1.54, 1.807) is 12.1 Å². The molecule has 1 aromatic heterocycles. The van der Waals surface area contributed by atoms with E-state index in [-0.39, 0.29) is 5.75 Å². The summed E-state index contributed by atoms with van der Waals surface area (Å²) in [6, 6.07) is 4.82. The van der Waals surface area contributed by atoms with Crippen LogP contribution in [0.3, 0.4) is 0 Å². The molecule has 0 saturated carbocycles. The van der Waals surface area contributed by atoms with Gasteiger partial charge in [-0.15, -0.1) is 0 Å². The number of fused-ring (bicyclic) bond motifs is 1. The van der Waals surface area contributed by atoms with Gasteiger partial charge in [0, 0.05) is 18.0 Å². The number of nitrogens with two attached hydrogens (primary N) is 1. The number of methoxy groups -OCH3 is 1. The molecule has 20 heavy (non-hydrogen) atoms. The van der Waals surface area contributed by atoms with Crippen LogP contribution in [0, 0.1) is 5.82 Å². The Morgan fingerprint density at radius 3 is 2.90 bits per heavy atom. The van der Waals surface area contributed by atoms with Gasteiger partial charge >= 0.3 is 0 Å². The van der Waals surface area contributed by atoms with Crippen molar-refractivity contribution in [3.63, 3.8) is 0 Å². The van der Waals surface area contributed by atoms with Crippen LogP contribution in [-0.2, 0) is 6.54 Å². The number of hydrogen-bond acceptors (Lipinski definition) is 3. The first-order valence-electron chi connectivity index (χ1n) is 6.81. The van der Waals surface area contributed by atoms with Gasteiger partial charge in [0.05, 0.1) is 7.11 Å². The van der Waals surface area contributed by atoms with Crippen LogP contribution in [0.5, 0.6) is 5.75 Å². The Labute approximate surface area is 117 Å². The van der Waals surface area contributed by atoms with Crippen LogP contribution in [0.4, 0.5) is 10.2 Å². The standard InChI is InChI=1S/C15H18FN3O/c1-9-4-3-7-19-14(17)13(18-15(9)19)10-5-6-12(20-2)11(16)8-10/h5-6,8-9H,3-4,7,17H2,1-2H3. The Morgan fingerprint density at radius 1 is 1.45 bits per heavy atom. The summed E-state index contributed by atoms with van der Waals surface area (Å²) in [4.78, 5) is 4.63. The van der Waals surface area contributed by atoms with E-state index in [9.17, 15) is 4.39 Å². The fourth-order valence-corrected chi connectivity index (χ4v) is 2.81. The van der Waals surface area contributed by atoms with Crippen LogP contribution in [-0.4, -0.2) is 16.7 Å². The maximum absolute atomic E-state index is 13.8. The topological polar surface area (TPSA) is 53.1 Å². The fourth-order valence-electron chi connectivity index (χ4n) is 2.81. The van der Waals surface area contributed by atoms with Gasteiger partial charge in [0.25, 0.3) is 0 Å². The van der Waals surface area contributed by atoms with E-state index >= 15 is 0 Å². The average Bonchev–Trinajstić information content (AvgIpc) is 2.78. The number of hydrogen-bond donors (Lipinski definition) is 1. The minimum atomic E-state index is -0.400. The number of nitrogen functional groups attached to an aromatic ring is 1. The highest BCUT2D eigenvalue weighted by Crippen LogP contribution is 2.35. The highest BCUT2D eigenvalue weighted by Gasteiger charge is 2.24. The van der Waals surface area contributed by atoms with Crippen LogP contribution >= 0.6 is 0 Å². The summed E-state index contributed by atoms with van der Waals surface area (Å²) >= 11 is 0. The second-order valence-corrected chi connectivity index (χ2v) is 5.25. The van der Waals surface area contributed by atoms with Crippen LogP contribution in [0.2, 0.25) is 0 Å². The molecule has 0 saturated heterocycles. The third kappa shape index (κ3) is 1.94. The first-order valence-corrected chi connectivity index (χ1v) is 6.81. The van der Waals surface area contributed by atoms with Crippen molar-refractivity contribution in [2.75, 3.05) is 12.8 Å². The molecule has 0 amide bonds. The molecule has 0 fully saturated rings. The van der Waals surface area contributed by atoms with E-state index in [0.29, 0.717) is 23.0 Å². The second kappa shape index (κ2) is 4.81. The van der Waals surface area contributed by atoms with Gasteiger partial charge in [0.2, 0.25) is 0 Å². The molecule has 2 heterocycles. The highest BCUT2D eigenvalue weighted by molar-refractivity contribution is 5.71. The minimum absolute atomic E-state index is 0.227. The van der Waals surface area contributed by atoms with Gasteiger partial charge in [-0.3, -0.25) is 0 Å². The number of anilines is 1. The zero-order valence-corrected chi connectivity index (χ0v) is 11.7. The lowest BCUT2D eigenvalue weighted by Gasteiger charge is -2.20. The van der Waals surface area contributed by atoms with Crippen molar-refractivity contribution in [1.29, 1.82) is 0 Å². The second-order valence-electron chi connectivity index (χ2n) is 5.25. The van der Waals surface area contributed by atoms with Gasteiger partial charge in [-0.2, -0.15) is 0 Å². The molecule has 0 aliphatic carbocycles. The molecule has 106 valence electrons. The predicted molar refractivity (Wildman–Crippen MR) is 76.2 cm³/mol. The lowest BCUT2D eigenvalue weighted by molar-refractivity contribution is 0.386. The molecule has 3 rings (SSSR count). The monoisotopic (exact) mass is 275 g/mol. The van der Waals surface area contributed by atoms with E-state index < -0.39 is 5.82 Å². The van der Waals surface area contributed by atoms with Crippen molar-refractivity contribution in [3.8, 4) is 17.0 Å². The first-order chi connectivity index (χ1) is 9.61. The normalized spacial score (nSPS) is 17.9. The summed E-state index contributed by atoms with van der Waals surface area (Å²) in [7, 11) is 1.45. The molecule has 1 aliphatic heterocycles. The number of aromatic nitrogens is 2. The number of halogens is 1. The molecule has 1 aromatic carbocycles. The quantitative estimate of drug-likeness (QED) is 0.915. The third-order valence-electron chi connectivity index (χ3n) is 3.92. The number of imidazole rings is 1. The van der Waals surface area contributed by atoms with Crippen LogP contribution in [0.1, 0.15) is 31.5 Å². The number of nitrogens with zero attached hydrogens (tertiary/aromatic N) is 2. The maximum Gasteiger partial charge on any atom is 0.165 e. The van der Waals surface area contributed by atoms with Gasteiger partial charge < -0.3 is 15.0 Å². The van der Waals surface area contributed by atoms with Crippen molar-refractivity contribution in [3.05, 3.63) is 29.8 Å². The fraction of sp³-hybridized carbons (Fsp3) is 0.400. The number of ether oxygens (including phenoxy) is 1. The molecule has 1 atom stereocenters. The SMILES string of the molecule is COc1ccc(-c2nc3n(c2N)CCCC3C)cc1F. The highest BCUT2D eigenvalue weighted by atomic mass is 19.1. The molecule has 1 unspecified atom stereocenters. The molecule has 1 aliphatic rings. The molecule has 0 radical (unpaired) electrons. The summed E-state index contributed by atoms with van der Waals surface area (Å²) in [6.45, 7) is 3.03. The van der Waals surface area contributed by atoms with E-state index in [4.69, 9.17) is 10.5 Å². The molecule has 4 nitrogen and oxygen atoms in total. The zero-order chi connectivity index (χ0) is 14.3. The smallest absolute Gasteiger partial charge is 0.165 e. The van der Waals surface area contributed by atoms with Crippen molar-refractivity contribution in [2.45, 2.75) is 32.2 Å².